The Morgan fingerprint density at radius 1 is 1.24 bits per heavy atom. The van der Waals surface area contributed by atoms with Crippen molar-refractivity contribution < 1.29 is 23.5 Å². The average molecular weight is 546 g/mol. The summed E-state index contributed by atoms with van der Waals surface area (Å²) in [5, 5.41) is 4.80. The molecule has 4 rings (SSSR count). The number of hydrogen-bond acceptors (Lipinski definition) is 8. The van der Waals surface area contributed by atoms with Gasteiger partial charge in [0.05, 0.1) is 11.7 Å². The maximum absolute atomic E-state index is 14.8. The van der Waals surface area contributed by atoms with Crippen molar-refractivity contribution in [1.82, 2.24) is 9.88 Å². The van der Waals surface area contributed by atoms with Gasteiger partial charge in [-0.05, 0) is 57.7 Å². The lowest BCUT2D eigenvalue weighted by molar-refractivity contribution is -0.126. The number of nitrogens with one attached hydrogen (secondary N) is 1. The van der Waals surface area contributed by atoms with Crippen molar-refractivity contribution in [2.75, 3.05) is 18.4 Å². The number of ketones is 1. The average Bonchev–Trinajstić information content (AvgIpc) is 3.56. The van der Waals surface area contributed by atoms with Gasteiger partial charge in [-0.25, -0.2) is 14.2 Å². The van der Waals surface area contributed by atoms with Crippen LogP contribution in [0.5, 0.6) is 0 Å². The van der Waals surface area contributed by atoms with Crippen molar-refractivity contribution in [2.24, 2.45) is 5.92 Å². The molecule has 198 valence electrons. The van der Waals surface area contributed by atoms with E-state index in [0.29, 0.717) is 35.9 Å². The van der Waals surface area contributed by atoms with E-state index >= 15 is 0 Å². The highest BCUT2D eigenvalue weighted by Crippen LogP contribution is 2.40. The van der Waals surface area contributed by atoms with Crippen LogP contribution in [0.4, 0.5) is 14.3 Å². The number of carbonyl (C=O) groups excluding carboxylic acids is 3. The smallest absolute Gasteiger partial charge is 0.413 e. The number of thioether (sulfide) groups is 1. The third kappa shape index (κ3) is 7.49. The van der Waals surface area contributed by atoms with Crippen LogP contribution < -0.4 is 5.32 Å². The van der Waals surface area contributed by atoms with Gasteiger partial charge in [0.1, 0.15) is 11.4 Å². The number of piperidine rings is 1. The van der Waals surface area contributed by atoms with Crippen molar-refractivity contribution in [3.8, 4) is 0 Å². The van der Waals surface area contributed by atoms with Crippen LogP contribution in [-0.4, -0.2) is 50.8 Å². The summed E-state index contributed by atoms with van der Waals surface area (Å²) in [6, 6.07) is 5.81. The number of carbonyl (C=O) groups is 3. The largest absolute Gasteiger partial charge is 0.444 e. The minimum Gasteiger partial charge on any atom is -0.444 e. The van der Waals surface area contributed by atoms with Crippen LogP contribution in [-0.2, 0) is 14.3 Å². The zero-order chi connectivity index (χ0) is 26.7. The number of aromatic nitrogens is 1. The van der Waals surface area contributed by atoms with Crippen molar-refractivity contribution in [3.63, 3.8) is 0 Å². The Morgan fingerprint density at radius 3 is 2.62 bits per heavy atom. The fourth-order valence-electron chi connectivity index (χ4n) is 4.39. The summed E-state index contributed by atoms with van der Waals surface area (Å²) >= 11 is 2.53. The predicted molar refractivity (Wildman–Crippen MR) is 145 cm³/mol. The first-order valence-electron chi connectivity index (χ1n) is 12.4. The molecular formula is C27H32FN3O4S2. The molecule has 2 aromatic rings. The number of thiazole rings is 1. The number of nitrogens with zero attached hydrogens (tertiary/aromatic N) is 2. The fourth-order valence-corrected chi connectivity index (χ4v) is 5.96. The standard InChI is InChI=1S/C27H32FN3O4S2/c1-16(32)37-22-11-12-31(23(24(33)17-9-10-17)20-7-5-6-8-21(20)28)14-18(22)13-19-15-36-25(29-19)30-26(34)35-27(2,3)4/h5-8,13,15,17,22-23H,9-12,14H2,1-4H3,(H,29,30,34). The molecule has 7 nitrogen and oxygen atoms in total. The van der Waals surface area contributed by atoms with Gasteiger partial charge in [0.15, 0.2) is 16.0 Å². The maximum Gasteiger partial charge on any atom is 0.413 e. The molecule has 1 aromatic heterocycles. The minimum atomic E-state index is -0.666. The molecular weight excluding hydrogens is 513 g/mol. The molecule has 1 aromatic carbocycles. The number of anilines is 1. The van der Waals surface area contributed by atoms with Gasteiger partial charge in [0.2, 0.25) is 0 Å². The van der Waals surface area contributed by atoms with Gasteiger partial charge in [-0.15, -0.1) is 11.3 Å². The van der Waals surface area contributed by atoms with E-state index in [1.54, 1.807) is 45.9 Å². The number of hydrogen-bond donors (Lipinski definition) is 1. The molecule has 1 N–H and O–H groups in total. The van der Waals surface area contributed by atoms with Gasteiger partial charge in [-0.3, -0.25) is 19.8 Å². The molecule has 1 saturated heterocycles. The first kappa shape index (κ1) is 27.5. The van der Waals surface area contributed by atoms with Gasteiger partial charge in [0, 0.05) is 42.1 Å². The molecule has 2 heterocycles. The second-order valence-corrected chi connectivity index (χ2v) is 12.6. The van der Waals surface area contributed by atoms with E-state index < -0.39 is 17.7 Å². The molecule has 2 aliphatic rings. The number of ether oxygens (including phenoxy) is 1. The zero-order valence-corrected chi connectivity index (χ0v) is 23.1. The van der Waals surface area contributed by atoms with E-state index in [4.69, 9.17) is 4.74 Å². The normalized spacial score (nSPS) is 20.5. The highest BCUT2D eigenvalue weighted by Gasteiger charge is 2.41. The zero-order valence-electron chi connectivity index (χ0n) is 21.5. The van der Waals surface area contributed by atoms with Crippen molar-refractivity contribution >= 4 is 51.3 Å². The van der Waals surface area contributed by atoms with Gasteiger partial charge in [-0.1, -0.05) is 30.0 Å². The molecule has 10 heteroatoms. The van der Waals surface area contributed by atoms with Crippen LogP contribution in [0, 0.1) is 11.7 Å². The summed E-state index contributed by atoms with van der Waals surface area (Å²) in [6.07, 6.45) is 3.65. The van der Waals surface area contributed by atoms with Crippen LogP contribution in [0.25, 0.3) is 6.08 Å². The Labute approximate surface area is 224 Å². The Balaban J connectivity index is 1.59. The van der Waals surface area contributed by atoms with E-state index in [-0.39, 0.29) is 27.9 Å². The topological polar surface area (TPSA) is 88.6 Å². The van der Waals surface area contributed by atoms with Crippen molar-refractivity contribution in [2.45, 2.75) is 63.9 Å². The highest BCUT2D eigenvalue weighted by molar-refractivity contribution is 8.14. The molecule has 1 aliphatic heterocycles. The second kappa shape index (κ2) is 11.4. The summed E-state index contributed by atoms with van der Waals surface area (Å²) in [6.45, 7) is 7.88. The van der Waals surface area contributed by atoms with Crippen molar-refractivity contribution in [3.05, 3.63) is 52.3 Å². The molecule has 2 unspecified atom stereocenters. The van der Waals surface area contributed by atoms with Crippen LogP contribution in [0.2, 0.25) is 0 Å². The van der Waals surface area contributed by atoms with Crippen LogP contribution in [0.15, 0.2) is 35.2 Å². The number of halogens is 1. The quantitative estimate of drug-likeness (QED) is 0.451. The Hall–Kier alpha value is -2.56. The first-order valence-corrected chi connectivity index (χ1v) is 14.1. The summed E-state index contributed by atoms with van der Waals surface area (Å²) in [5.74, 6) is -0.356. The third-order valence-electron chi connectivity index (χ3n) is 6.06. The van der Waals surface area contributed by atoms with Gasteiger partial charge in [0.25, 0.3) is 0 Å². The number of rotatable bonds is 7. The Morgan fingerprint density at radius 2 is 1.97 bits per heavy atom. The van der Waals surface area contributed by atoms with Gasteiger partial charge < -0.3 is 4.74 Å². The van der Waals surface area contributed by atoms with Crippen LogP contribution >= 0.6 is 23.1 Å². The summed E-state index contributed by atoms with van der Waals surface area (Å²) in [5.41, 5.74) is 1.35. The lowest BCUT2D eigenvalue weighted by Crippen LogP contribution is -2.43. The third-order valence-corrected chi connectivity index (χ3v) is 7.99. The predicted octanol–water partition coefficient (Wildman–Crippen LogP) is 6.09. The molecule has 2 atom stereocenters. The van der Waals surface area contributed by atoms with E-state index in [1.165, 1.54) is 29.2 Å². The monoisotopic (exact) mass is 545 g/mol. The van der Waals surface area contributed by atoms with E-state index in [2.05, 4.69) is 10.3 Å². The summed E-state index contributed by atoms with van der Waals surface area (Å²) in [4.78, 5) is 43.9. The lowest BCUT2D eigenvalue weighted by atomic mass is 9.93. The fraction of sp³-hybridized carbons (Fsp3) is 0.481. The summed E-state index contributed by atoms with van der Waals surface area (Å²) in [7, 11) is 0. The molecule has 1 saturated carbocycles. The van der Waals surface area contributed by atoms with Gasteiger partial charge >= 0.3 is 6.09 Å². The molecule has 1 amide bonds. The summed E-state index contributed by atoms with van der Waals surface area (Å²) < 4.78 is 20.1. The molecule has 0 spiro atoms. The first-order chi connectivity index (χ1) is 17.5. The van der Waals surface area contributed by atoms with E-state index in [0.717, 1.165) is 18.4 Å². The minimum absolute atomic E-state index is 0.00891. The van der Waals surface area contributed by atoms with Crippen molar-refractivity contribution in [1.29, 1.82) is 0 Å². The van der Waals surface area contributed by atoms with Crippen LogP contribution in [0.1, 0.15) is 64.3 Å². The molecule has 1 aliphatic carbocycles. The lowest BCUT2D eigenvalue weighted by Gasteiger charge is -2.38. The molecule has 2 fully saturated rings. The van der Waals surface area contributed by atoms with Gasteiger partial charge in [-0.2, -0.15) is 0 Å². The Bertz CT molecular complexity index is 1200. The molecule has 37 heavy (non-hydrogen) atoms. The SMILES string of the molecule is CC(=O)SC1CCN(C(C(=O)C2CC2)c2ccccc2F)CC1=Cc1csc(NC(=O)OC(C)(C)C)n1. The van der Waals surface area contributed by atoms with E-state index in [1.807, 2.05) is 16.4 Å². The Kier molecular flexibility index (Phi) is 8.50. The maximum atomic E-state index is 14.8. The van der Waals surface area contributed by atoms with E-state index in [9.17, 15) is 18.8 Å². The number of likely N-dealkylation sites (tertiary alicyclic amines) is 1. The molecule has 0 bridgehead atoms. The highest BCUT2D eigenvalue weighted by atomic mass is 32.2. The number of benzene rings is 1. The van der Waals surface area contributed by atoms with Crippen LogP contribution in [0.3, 0.4) is 0 Å². The second-order valence-electron chi connectivity index (χ2n) is 10.4. The number of Topliss-reactive ketones (excluding diaryl/α,β-unsaturated/α-hetero) is 1. The molecule has 0 radical (unpaired) electrons. The number of amides is 1.